The van der Waals surface area contributed by atoms with Crippen LogP contribution in [-0.2, 0) is 0 Å². The van der Waals surface area contributed by atoms with Gasteiger partial charge in [-0.05, 0) is 31.4 Å². The van der Waals surface area contributed by atoms with Gasteiger partial charge in [0.15, 0.2) is 0 Å². The number of aliphatic imine (C=N–C) groups is 1. The van der Waals surface area contributed by atoms with Crippen molar-refractivity contribution in [1.29, 1.82) is 0 Å². The average Bonchev–Trinajstić information content (AvgIpc) is 3.11. The molecular formula is C12H17N3O. The molecule has 0 amide bonds. The van der Waals surface area contributed by atoms with Gasteiger partial charge in [-0.25, -0.2) is 5.84 Å². The van der Waals surface area contributed by atoms with Crippen LogP contribution in [0.25, 0.3) is 0 Å². The van der Waals surface area contributed by atoms with Crippen LogP contribution in [0.5, 0.6) is 5.75 Å². The first-order valence-electron chi connectivity index (χ1n) is 5.44. The Morgan fingerprint density at radius 2 is 2.25 bits per heavy atom. The van der Waals surface area contributed by atoms with Gasteiger partial charge in [0.2, 0.25) is 0 Å². The lowest BCUT2D eigenvalue weighted by atomic mass is 10.1. The number of nitrogens with one attached hydrogen (secondary N) is 1. The van der Waals surface area contributed by atoms with Crippen LogP contribution in [0.1, 0.15) is 24.0 Å². The molecule has 0 spiro atoms. The highest BCUT2D eigenvalue weighted by Gasteiger charge is 2.21. The highest BCUT2D eigenvalue weighted by molar-refractivity contribution is 5.99. The Morgan fingerprint density at radius 3 is 2.81 bits per heavy atom. The van der Waals surface area contributed by atoms with E-state index in [2.05, 4.69) is 10.4 Å². The van der Waals surface area contributed by atoms with Gasteiger partial charge in [-0.2, -0.15) is 0 Å². The molecule has 0 radical (unpaired) electrons. The third-order valence-corrected chi connectivity index (χ3v) is 2.68. The Bertz CT molecular complexity index is 411. The van der Waals surface area contributed by atoms with Crippen molar-refractivity contribution < 1.29 is 4.74 Å². The van der Waals surface area contributed by atoms with E-state index in [-0.39, 0.29) is 0 Å². The molecule has 86 valence electrons. The largest absolute Gasteiger partial charge is 0.496 e. The van der Waals surface area contributed by atoms with Gasteiger partial charge in [-0.1, -0.05) is 12.1 Å². The van der Waals surface area contributed by atoms with Crippen LogP contribution in [0.2, 0.25) is 0 Å². The second kappa shape index (κ2) is 4.53. The van der Waals surface area contributed by atoms with Crippen molar-refractivity contribution in [3.63, 3.8) is 0 Å². The Kier molecular flexibility index (Phi) is 3.10. The van der Waals surface area contributed by atoms with Crippen molar-refractivity contribution in [2.45, 2.75) is 25.8 Å². The molecule has 2 rings (SSSR count). The number of ether oxygens (including phenoxy) is 1. The Labute approximate surface area is 95.5 Å². The molecule has 0 aliphatic heterocycles. The molecule has 1 fully saturated rings. The number of rotatable bonds is 3. The van der Waals surface area contributed by atoms with Crippen LogP contribution < -0.4 is 16.0 Å². The summed E-state index contributed by atoms with van der Waals surface area (Å²) in [7, 11) is 1.67. The van der Waals surface area contributed by atoms with E-state index >= 15 is 0 Å². The van der Waals surface area contributed by atoms with Gasteiger partial charge in [0.05, 0.1) is 13.2 Å². The molecule has 1 aliphatic carbocycles. The standard InChI is InChI=1S/C12H17N3O/c1-8-3-4-9(7-11(8)16-2)12(15-13)14-10-5-6-10/h3-4,7,10H,5-6,13H2,1-2H3,(H,14,15). The summed E-state index contributed by atoms with van der Waals surface area (Å²) in [5.74, 6) is 7.08. The van der Waals surface area contributed by atoms with E-state index in [1.807, 2.05) is 25.1 Å². The van der Waals surface area contributed by atoms with E-state index in [0.29, 0.717) is 6.04 Å². The van der Waals surface area contributed by atoms with Crippen molar-refractivity contribution in [2.24, 2.45) is 10.8 Å². The third kappa shape index (κ3) is 2.33. The van der Waals surface area contributed by atoms with E-state index in [9.17, 15) is 0 Å². The minimum absolute atomic E-state index is 0.443. The fourth-order valence-electron chi connectivity index (χ4n) is 1.55. The van der Waals surface area contributed by atoms with E-state index in [4.69, 9.17) is 10.6 Å². The van der Waals surface area contributed by atoms with E-state index in [0.717, 1.165) is 35.6 Å². The molecule has 0 bridgehead atoms. The van der Waals surface area contributed by atoms with Gasteiger partial charge in [0.25, 0.3) is 0 Å². The fourth-order valence-corrected chi connectivity index (χ4v) is 1.55. The number of hydrogen-bond acceptors (Lipinski definition) is 3. The summed E-state index contributed by atoms with van der Waals surface area (Å²) in [5, 5.41) is 0. The van der Waals surface area contributed by atoms with Gasteiger partial charge < -0.3 is 10.2 Å². The lowest BCUT2D eigenvalue weighted by Crippen LogP contribution is -2.31. The maximum atomic E-state index is 5.49. The zero-order chi connectivity index (χ0) is 11.5. The van der Waals surface area contributed by atoms with Gasteiger partial charge in [-0.3, -0.25) is 4.99 Å². The predicted octanol–water partition coefficient (Wildman–Crippen LogP) is 1.38. The minimum atomic E-state index is 0.443. The fraction of sp³-hybridized carbons (Fsp3) is 0.417. The molecule has 0 aromatic heterocycles. The van der Waals surface area contributed by atoms with Crippen molar-refractivity contribution in [3.05, 3.63) is 29.3 Å². The Hall–Kier alpha value is -1.55. The molecule has 1 saturated carbocycles. The summed E-state index contributed by atoms with van der Waals surface area (Å²) in [6.45, 7) is 2.01. The first-order chi connectivity index (χ1) is 7.74. The smallest absolute Gasteiger partial charge is 0.142 e. The Morgan fingerprint density at radius 1 is 1.50 bits per heavy atom. The molecule has 1 aromatic carbocycles. The highest BCUT2D eigenvalue weighted by atomic mass is 16.5. The summed E-state index contributed by atoms with van der Waals surface area (Å²) < 4.78 is 5.28. The lowest BCUT2D eigenvalue weighted by molar-refractivity contribution is 0.411. The molecule has 1 aromatic rings. The summed E-state index contributed by atoms with van der Waals surface area (Å²) in [6.07, 6.45) is 2.32. The normalized spacial score (nSPS) is 16.1. The molecule has 4 nitrogen and oxygen atoms in total. The third-order valence-electron chi connectivity index (χ3n) is 2.68. The second-order valence-corrected chi connectivity index (χ2v) is 4.04. The van der Waals surface area contributed by atoms with Crippen molar-refractivity contribution in [1.82, 2.24) is 5.43 Å². The zero-order valence-corrected chi connectivity index (χ0v) is 9.66. The number of benzene rings is 1. The number of nitrogens with two attached hydrogens (primary N) is 1. The first kappa shape index (κ1) is 11.0. The number of amidine groups is 1. The van der Waals surface area contributed by atoms with Gasteiger partial charge in [-0.15, -0.1) is 0 Å². The van der Waals surface area contributed by atoms with Crippen LogP contribution >= 0.6 is 0 Å². The van der Waals surface area contributed by atoms with Gasteiger partial charge in [0.1, 0.15) is 11.6 Å². The van der Waals surface area contributed by atoms with E-state index in [1.165, 1.54) is 0 Å². The zero-order valence-electron chi connectivity index (χ0n) is 9.66. The lowest BCUT2D eigenvalue weighted by Gasteiger charge is -2.09. The first-order valence-corrected chi connectivity index (χ1v) is 5.44. The molecule has 0 saturated heterocycles. The molecule has 0 unspecified atom stereocenters. The van der Waals surface area contributed by atoms with Crippen LogP contribution in [0, 0.1) is 6.92 Å². The van der Waals surface area contributed by atoms with Crippen molar-refractivity contribution >= 4 is 5.84 Å². The second-order valence-electron chi connectivity index (χ2n) is 4.04. The molecule has 4 heteroatoms. The average molecular weight is 219 g/mol. The molecule has 16 heavy (non-hydrogen) atoms. The monoisotopic (exact) mass is 219 g/mol. The number of hydrazine groups is 1. The summed E-state index contributed by atoms with van der Waals surface area (Å²) in [4.78, 5) is 4.51. The maximum Gasteiger partial charge on any atom is 0.142 e. The van der Waals surface area contributed by atoms with E-state index in [1.54, 1.807) is 7.11 Å². The summed E-state index contributed by atoms with van der Waals surface area (Å²) in [6, 6.07) is 6.40. The van der Waals surface area contributed by atoms with Crippen LogP contribution in [-0.4, -0.2) is 19.0 Å². The number of methoxy groups -OCH3 is 1. The summed E-state index contributed by atoms with van der Waals surface area (Å²) >= 11 is 0. The molecular weight excluding hydrogens is 202 g/mol. The topological polar surface area (TPSA) is 59.6 Å². The summed E-state index contributed by atoms with van der Waals surface area (Å²) in [5.41, 5.74) is 4.73. The number of aryl methyl sites for hydroxylation is 1. The van der Waals surface area contributed by atoms with E-state index < -0.39 is 0 Å². The molecule has 1 aliphatic rings. The molecule has 3 N–H and O–H groups in total. The van der Waals surface area contributed by atoms with Gasteiger partial charge in [0, 0.05) is 5.56 Å². The SMILES string of the molecule is COc1cc(C(=NC2CC2)NN)ccc1C. The van der Waals surface area contributed by atoms with Gasteiger partial charge >= 0.3 is 0 Å². The van der Waals surface area contributed by atoms with Crippen molar-refractivity contribution in [3.8, 4) is 5.75 Å². The maximum absolute atomic E-state index is 5.49. The van der Waals surface area contributed by atoms with Crippen LogP contribution in [0.4, 0.5) is 0 Å². The number of hydrogen-bond donors (Lipinski definition) is 2. The molecule has 0 atom stereocenters. The van der Waals surface area contributed by atoms with Crippen LogP contribution in [0.15, 0.2) is 23.2 Å². The quantitative estimate of drug-likeness (QED) is 0.349. The van der Waals surface area contributed by atoms with Crippen molar-refractivity contribution in [2.75, 3.05) is 7.11 Å². The predicted molar refractivity (Wildman–Crippen MR) is 64.6 cm³/mol. The number of nitrogens with zero attached hydrogens (tertiary/aromatic N) is 1. The highest BCUT2D eigenvalue weighted by Crippen LogP contribution is 2.25. The van der Waals surface area contributed by atoms with Crippen LogP contribution in [0.3, 0.4) is 0 Å². The Balaban J connectivity index is 2.30. The minimum Gasteiger partial charge on any atom is -0.496 e. The molecule has 0 heterocycles.